The van der Waals surface area contributed by atoms with E-state index >= 15 is 0 Å². The second-order valence-corrected chi connectivity index (χ2v) is 22.7. The fourth-order valence-electron chi connectivity index (χ4n) is 7.50. The molecule has 0 fully saturated rings. The molecule has 0 unspecified atom stereocenters. The van der Waals surface area contributed by atoms with Gasteiger partial charge in [-0.2, -0.15) is 0 Å². The predicted octanol–water partition coefficient (Wildman–Crippen LogP) is 13.2. The number of benzene rings is 10. The Kier molecular flexibility index (Phi) is 15.1. The minimum atomic E-state index is -1.42. The van der Waals surface area contributed by atoms with E-state index in [4.69, 9.17) is 22.8 Å². The van der Waals surface area contributed by atoms with Gasteiger partial charge in [0.15, 0.2) is 55.6 Å². The molecule has 0 aliphatic rings. The summed E-state index contributed by atoms with van der Waals surface area (Å²) in [5, 5.41) is 8.42. The molecule has 336 valence electrons. The third-order valence-corrected chi connectivity index (χ3v) is 18.4. The van der Waals surface area contributed by atoms with Crippen LogP contribution >= 0.6 is 32.6 Å². The molecule has 0 radical (unpaired) electrons. The predicted molar refractivity (Wildman–Crippen MR) is 292 cm³/mol. The summed E-state index contributed by atoms with van der Waals surface area (Å²) in [5.74, 6) is 2.96. The van der Waals surface area contributed by atoms with Gasteiger partial charge in [0.25, 0.3) is 0 Å². The molecule has 0 atom stereocenters. The largest absolute Gasteiger partial charge is 0.460 e. The summed E-state index contributed by atoms with van der Waals surface area (Å²) < 4.78 is 36.7. The molecule has 0 aliphatic carbocycles. The van der Waals surface area contributed by atoms with Crippen molar-refractivity contribution in [3.63, 3.8) is 0 Å². The number of hydrogen-bond acceptors (Lipinski definition) is 5. The lowest BCUT2D eigenvalue weighted by molar-refractivity contribution is 0.425. The van der Waals surface area contributed by atoms with Crippen molar-refractivity contribution in [2.24, 2.45) is 0 Å². The van der Waals surface area contributed by atoms with Gasteiger partial charge in [0.1, 0.15) is 0 Å². The quantitative estimate of drug-likeness (QED) is 0.0802. The Morgan fingerprint density at radius 2 is 0.362 bits per heavy atom. The van der Waals surface area contributed by atoms with Crippen LogP contribution in [0, 0.1) is 0 Å². The van der Waals surface area contributed by atoms with Crippen LogP contribution in [-0.2, 0) is 0 Å². The molecule has 5 nitrogen and oxygen atoms in total. The van der Waals surface area contributed by atoms with Gasteiger partial charge >= 0.3 is 0 Å². The van der Waals surface area contributed by atoms with Gasteiger partial charge < -0.3 is 22.8 Å². The number of rotatable bonds is 18. The Morgan fingerprint density at radius 1 is 0.174 bits per heavy atom. The molecule has 9 heteroatoms. The third kappa shape index (κ3) is 11.3. The minimum absolute atomic E-state index is 0.460. The molecule has 10 aromatic carbocycles. The van der Waals surface area contributed by atoms with Crippen LogP contribution in [0.3, 0.4) is 0 Å². The van der Waals surface area contributed by atoms with Gasteiger partial charge in [-0.15, -0.1) is 0 Å². The number of hydrogen-bond donors (Lipinski definition) is 0. The van der Waals surface area contributed by atoms with Gasteiger partial charge in [-0.05, 0) is 24.3 Å². The van der Waals surface area contributed by atoms with Crippen LogP contribution in [0.1, 0.15) is 0 Å². The number of ether oxygens (including phenoxy) is 1. The Labute approximate surface area is 409 Å². The van der Waals surface area contributed by atoms with Gasteiger partial charge in [-0.1, -0.05) is 255 Å². The average molecular weight is 971 g/mol. The summed E-state index contributed by atoms with van der Waals surface area (Å²) in [4.78, 5) is 0. The topological polar surface area (TPSA) is 46.2 Å². The zero-order valence-corrected chi connectivity index (χ0v) is 41.0. The van der Waals surface area contributed by atoms with Crippen LogP contribution in [0.15, 0.2) is 279 Å². The highest BCUT2D eigenvalue weighted by molar-refractivity contribution is 7.70. The molecule has 0 saturated carbocycles. The second kappa shape index (κ2) is 22.8. The van der Waals surface area contributed by atoms with Crippen LogP contribution in [0.25, 0.3) is 0 Å². The molecule has 0 bridgehead atoms. The van der Waals surface area contributed by atoms with Crippen molar-refractivity contribution >= 4 is 75.0 Å². The maximum atomic E-state index is 7.42. The van der Waals surface area contributed by atoms with E-state index in [2.05, 4.69) is 146 Å². The third-order valence-electron chi connectivity index (χ3n) is 10.8. The molecule has 0 heterocycles. The molecule has 0 aliphatic heterocycles. The van der Waals surface area contributed by atoms with E-state index < -0.39 is 32.6 Å². The van der Waals surface area contributed by atoms with Crippen LogP contribution in [0.4, 0.5) is 0 Å². The first kappa shape index (κ1) is 45.7. The summed E-state index contributed by atoms with van der Waals surface area (Å²) in [6.07, 6.45) is 0. The molecule has 0 saturated heterocycles. The van der Waals surface area contributed by atoms with Crippen molar-refractivity contribution in [2.45, 2.75) is 0 Å². The monoisotopic (exact) mass is 970 g/mol. The molecule has 69 heavy (non-hydrogen) atoms. The van der Waals surface area contributed by atoms with Crippen LogP contribution < -0.4 is 65.3 Å². The van der Waals surface area contributed by atoms with E-state index in [9.17, 15) is 0 Å². The molecular weight excluding hydrogens is 925 g/mol. The van der Waals surface area contributed by atoms with E-state index in [1.807, 2.05) is 133 Å². The van der Waals surface area contributed by atoms with Crippen molar-refractivity contribution in [3.8, 4) is 34.5 Å². The molecule has 0 spiro atoms. The van der Waals surface area contributed by atoms with Crippen molar-refractivity contribution in [1.29, 1.82) is 0 Å². The zero-order valence-electron chi connectivity index (χ0n) is 37.4. The van der Waals surface area contributed by atoms with Crippen molar-refractivity contribution in [3.05, 3.63) is 279 Å². The summed E-state index contributed by atoms with van der Waals surface area (Å²) in [5.41, 5.74) is 0. The SMILES string of the molecule is c1ccc(P(Oc2cccc(Oc3cccc(OP(c4ccccc4)c4ccccc4)c3OP(c3ccccc3)c3ccccc3)c2OP(c2ccccc2)c2ccccc2)c2ccccc2)cc1. The number of para-hydroxylation sites is 2. The van der Waals surface area contributed by atoms with E-state index in [0.717, 1.165) is 42.4 Å². The average Bonchev–Trinajstić information content (AvgIpc) is 3.43. The standard InChI is InChI=1S/C60H46O5P4/c1-9-27-47(28-10-1)66(48-29-11-2-12-30-48)62-57-45-25-43-55(59(57)64-68(51-35-17-5-18-36-51)52-37-19-6-20-38-52)61-56-44-26-46-58(63-67(49-31-13-3-14-32-49)50-33-15-4-16-34-50)60(56)65-69(53-39-21-7-22-40-53)54-41-23-8-24-42-54/h1-46H. The van der Waals surface area contributed by atoms with Crippen molar-refractivity contribution in [2.75, 3.05) is 0 Å². The first-order chi connectivity index (χ1) is 34.2. The van der Waals surface area contributed by atoms with Crippen LogP contribution in [0.5, 0.6) is 34.5 Å². The first-order valence-corrected chi connectivity index (χ1v) is 27.6. The van der Waals surface area contributed by atoms with Gasteiger partial charge in [0.05, 0.1) is 0 Å². The molecule has 0 amide bonds. The highest BCUT2D eigenvalue weighted by Gasteiger charge is 2.29. The Bertz CT molecular complexity index is 2770. The normalized spacial score (nSPS) is 11.1. The van der Waals surface area contributed by atoms with Crippen LogP contribution in [-0.4, -0.2) is 0 Å². The lowest BCUT2D eigenvalue weighted by Gasteiger charge is -2.27. The summed E-state index contributed by atoms with van der Waals surface area (Å²) in [7, 11) is -5.54. The van der Waals surface area contributed by atoms with E-state index in [0.29, 0.717) is 34.5 Å². The Morgan fingerprint density at radius 3 is 0.580 bits per heavy atom. The van der Waals surface area contributed by atoms with E-state index in [1.165, 1.54) is 0 Å². The lowest BCUT2D eigenvalue weighted by Crippen LogP contribution is -2.18. The maximum Gasteiger partial charge on any atom is 0.208 e. The minimum Gasteiger partial charge on any atom is -0.460 e. The van der Waals surface area contributed by atoms with E-state index in [1.54, 1.807) is 0 Å². The Hall–Kier alpha value is -7.08. The molecular formula is C60H46O5P4. The fraction of sp³-hybridized carbons (Fsp3) is 0. The van der Waals surface area contributed by atoms with Gasteiger partial charge in [-0.3, -0.25) is 0 Å². The van der Waals surface area contributed by atoms with Crippen molar-refractivity contribution < 1.29 is 22.8 Å². The maximum absolute atomic E-state index is 7.42. The summed E-state index contributed by atoms with van der Waals surface area (Å²) in [6.45, 7) is 0. The van der Waals surface area contributed by atoms with Crippen LogP contribution in [0.2, 0.25) is 0 Å². The molecule has 10 aromatic rings. The lowest BCUT2D eigenvalue weighted by atomic mass is 10.2. The Balaban J connectivity index is 1.14. The highest BCUT2D eigenvalue weighted by Crippen LogP contribution is 2.55. The fourth-order valence-corrected chi connectivity index (χ4v) is 14.5. The smallest absolute Gasteiger partial charge is 0.208 e. The first-order valence-electron chi connectivity index (χ1n) is 22.5. The van der Waals surface area contributed by atoms with Gasteiger partial charge in [-0.25, -0.2) is 0 Å². The van der Waals surface area contributed by atoms with Gasteiger partial charge in [0, 0.05) is 42.4 Å². The van der Waals surface area contributed by atoms with Crippen molar-refractivity contribution in [1.82, 2.24) is 0 Å². The van der Waals surface area contributed by atoms with Gasteiger partial charge in [0.2, 0.25) is 11.5 Å². The molecule has 10 rings (SSSR count). The summed E-state index contributed by atoms with van der Waals surface area (Å²) >= 11 is 0. The molecule has 0 aromatic heterocycles. The molecule has 0 N–H and O–H groups in total. The second-order valence-electron chi connectivity index (χ2n) is 15.5. The van der Waals surface area contributed by atoms with E-state index in [-0.39, 0.29) is 0 Å². The zero-order chi connectivity index (χ0) is 46.5. The summed E-state index contributed by atoms with van der Waals surface area (Å²) in [6, 6.07) is 94.6. The highest BCUT2D eigenvalue weighted by atomic mass is 31.1.